The van der Waals surface area contributed by atoms with Gasteiger partial charge in [0.15, 0.2) is 0 Å². The van der Waals surface area contributed by atoms with E-state index < -0.39 is 0 Å². The molecule has 0 aromatic carbocycles. The van der Waals surface area contributed by atoms with Crippen molar-refractivity contribution in [2.75, 3.05) is 19.6 Å². The SMILES string of the molecule is Cc1nc(CCNC(=O)C(C)C2CNC2)sc1C. The van der Waals surface area contributed by atoms with Crippen LogP contribution in [0.15, 0.2) is 0 Å². The van der Waals surface area contributed by atoms with E-state index >= 15 is 0 Å². The summed E-state index contributed by atoms with van der Waals surface area (Å²) in [5.41, 5.74) is 1.11. The Morgan fingerprint density at radius 2 is 2.28 bits per heavy atom. The highest BCUT2D eigenvalue weighted by Gasteiger charge is 2.28. The van der Waals surface area contributed by atoms with Crippen LogP contribution in [-0.4, -0.2) is 30.5 Å². The molecule has 1 unspecified atom stereocenters. The number of rotatable bonds is 5. The fourth-order valence-electron chi connectivity index (χ4n) is 1.98. The van der Waals surface area contributed by atoms with Crippen LogP contribution in [-0.2, 0) is 11.2 Å². The second-order valence-corrected chi connectivity index (χ2v) is 6.28. The van der Waals surface area contributed by atoms with Crippen LogP contribution in [0.4, 0.5) is 0 Å². The molecule has 100 valence electrons. The van der Waals surface area contributed by atoms with Gasteiger partial charge >= 0.3 is 0 Å². The Kier molecular flexibility index (Phi) is 4.35. The van der Waals surface area contributed by atoms with E-state index in [1.54, 1.807) is 11.3 Å². The highest BCUT2D eigenvalue weighted by atomic mass is 32.1. The maximum Gasteiger partial charge on any atom is 0.223 e. The second kappa shape index (κ2) is 5.80. The van der Waals surface area contributed by atoms with Crippen LogP contribution in [0.3, 0.4) is 0 Å². The van der Waals surface area contributed by atoms with Crippen molar-refractivity contribution in [1.82, 2.24) is 15.6 Å². The molecule has 1 aliphatic rings. The van der Waals surface area contributed by atoms with E-state index in [0.717, 1.165) is 30.2 Å². The molecule has 4 nitrogen and oxygen atoms in total. The smallest absolute Gasteiger partial charge is 0.223 e. The minimum Gasteiger partial charge on any atom is -0.355 e. The third-order valence-electron chi connectivity index (χ3n) is 3.64. The lowest BCUT2D eigenvalue weighted by Crippen LogP contribution is -2.49. The Hall–Kier alpha value is -0.940. The fourth-order valence-corrected chi connectivity index (χ4v) is 2.91. The van der Waals surface area contributed by atoms with Crippen LogP contribution in [0.1, 0.15) is 22.5 Å². The third-order valence-corrected chi connectivity index (χ3v) is 4.78. The summed E-state index contributed by atoms with van der Waals surface area (Å²) in [6.45, 7) is 8.76. The number of thiazole rings is 1. The highest BCUT2D eigenvalue weighted by Crippen LogP contribution is 2.17. The van der Waals surface area contributed by atoms with Gasteiger partial charge in [-0.05, 0) is 32.9 Å². The van der Waals surface area contributed by atoms with E-state index in [9.17, 15) is 4.79 Å². The molecule has 2 rings (SSSR count). The Bertz CT molecular complexity index is 406. The van der Waals surface area contributed by atoms with Gasteiger partial charge in [-0.25, -0.2) is 4.98 Å². The molecule has 2 N–H and O–H groups in total. The lowest BCUT2D eigenvalue weighted by atomic mass is 9.88. The van der Waals surface area contributed by atoms with Gasteiger partial charge in [0.1, 0.15) is 0 Å². The monoisotopic (exact) mass is 267 g/mol. The minimum absolute atomic E-state index is 0.117. The number of aromatic nitrogens is 1. The molecule has 0 spiro atoms. The molecule has 1 saturated heterocycles. The molecule has 1 fully saturated rings. The third kappa shape index (κ3) is 3.09. The number of aryl methyl sites for hydroxylation is 2. The predicted octanol–water partition coefficient (Wildman–Crippen LogP) is 1.27. The number of nitrogens with one attached hydrogen (secondary N) is 2. The average Bonchev–Trinajstić information content (AvgIpc) is 2.55. The molecule has 18 heavy (non-hydrogen) atoms. The summed E-state index contributed by atoms with van der Waals surface area (Å²) in [5.74, 6) is 0.798. The highest BCUT2D eigenvalue weighted by molar-refractivity contribution is 7.11. The van der Waals surface area contributed by atoms with Crippen molar-refractivity contribution in [2.45, 2.75) is 27.2 Å². The van der Waals surface area contributed by atoms with Gasteiger partial charge in [0, 0.05) is 23.8 Å². The first kappa shape index (κ1) is 13.5. The first-order valence-electron chi connectivity index (χ1n) is 6.49. The quantitative estimate of drug-likeness (QED) is 0.845. The van der Waals surface area contributed by atoms with E-state index in [4.69, 9.17) is 0 Å². The number of hydrogen-bond donors (Lipinski definition) is 2. The summed E-state index contributed by atoms with van der Waals surface area (Å²) in [5, 5.41) is 7.32. The van der Waals surface area contributed by atoms with E-state index in [1.165, 1.54) is 4.88 Å². The first-order valence-corrected chi connectivity index (χ1v) is 7.31. The maximum atomic E-state index is 11.9. The van der Waals surface area contributed by atoms with Gasteiger partial charge in [-0.3, -0.25) is 4.79 Å². The molecular formula is C13H21N3OS. The van der Waals surface area contributed by atoms with Crippen molar-refractivity contribution in [3.8, 4) is 0 Å². The number of nitrogens with zero attached hydrogens (tertiary/aromatic N) is 1. The van der Waals surface area contributed by atoms with Crippen LogP contribution in [0.2, 0.25) is 0 Å². The first-order chi connectivity index (χ1) is 8.58. The lowest BCUT2D eigenvalue weighted by Gasteiger charge is -2.31. The molecule has 1 amide bonds. The topological polar surface area (TPSA) is 54.0 Å². The van der Waals surface area contributed by atoms with E-state index in [0.29, 0.717) is 12.5 Å². The maximum absolute atomic E-state index is 11.9. The molecule has 1 aromatic rings. The van der Waals surface area contributed by atoms with Gasteiger partial charge in [-0.15, -0.1) is 11.3 Å². The molecule has 0 saturated carbocycles. The normalized spacial score (nSPS) is 17.3. The summed E-state index contributed by atoms with van der Waals surface area (Å²) in [7, 11) is 0. The Labute approximate surface area is 112 Å². The Morgan fingerprint density at radius 1 is 1.56 bits per heavy atom. The van der Waals surface area contributed by atoms with Gasteiger partial charge in [-0.2, -0.15) is 0 Å². The number of carbonyl (C=O) groups is 1. The van der Waals surface area contributed by atoms with Gasteiger partial charge in [0.25, 0.3) is 0 Å². The van der Waals surface area contributed by atoms with Gasteiger partial charge < -0.3 is 10.6 Å². The minimum atomic E-state index is 0.117. The van der Waals surface area contributed by atoms with Crippen molar-refractivity contribution in [3.05, 3.63) is 15.6 Å². The summed E-state index contributed by atoms with van der Waals surface area (Å²) >= 11 is 1.72. The van der Waals surface area contributed by atoms with Crippen LogP contribution in [0.5, 0.6) is 0 Å². The molecule has 1 aliphatic heterocycles. The number of hydrogen-bond acceptors (Lipinski definition) is 4. The molecule has 1 atom stereocenters. The lowest BCUT2D eigenvalue weighted by molar-refractivity contribution is -0.126. The average molecular weight is 267 g/mol. The summed E-state index contributed by atoms with van der Waals surface area (Å²) in [6.07, 6.45) is 0.834. The summed E-state index contributed by atoms with van der Waals surface area (Å²) in [6, 6.07) is 0. The van der Waals surface area contributed by atoms with Crippen LogP contribution < -0.4 is 10.6 Å². The van der Waals surface area contributed by atoms with Gasteiger partial charge in [0.05, 0.1) is 10.7 Å². The zero-order valence-electron chi connectivity index (χ0n) is 11.2. The van der Waals surface area contributed by atoms with Crippen molar-refractivity contribution >= 4 is 17.2 Å². The standard InChI is InChI=1S/C13H21N3OS/c1-8(11-6-14-7-11)13(17)15-5-4-12-16-9(2)10(3)18-12/h8,11,14H,4-7H2,1-3H3,(H,15,17). The second-order valence-electron chi connectivity index (χ2n) is 5.00. The molecule has 5 heteroatoms. The van der Waals surface area contributed by atoms with E-state index in [2.05, 4.69) is 22.5 Å². The Balaban J connectivity index is 1.72. The fraction of sp³-hybridized carbons (Fsp3) is 0.692. The predicted molar refractivity (Wildman–Crippen MR) is 73.8 cm³/mol. The largest absolute Gasteiger partial charge is 0.355 e. The van der Waals surface area contributed by atoms with Crippen molar-refractivity contribution in [3.63, 3.8) is 0 Å². The van der Waals surface area contributed by atoms with Crippen molar-refractivity contribution in [2.24, 2.45) is 11.8 Å². The zero-order valence-corrected chi connectivity index (χ0v) is 12.1. The molecular weight excluding hydrogens is 246 g/mol. The van der Waals surface area contributed by atoms with Crippen molar-refractivity contribution in [1.29, 1.82) is 0 Å². The zero-order chi connectivity index (χ0) is 13.1. The molecule has 0 aliphatic carbocycles. The van der Waals surface area contributed by atoms with Crippen molar-refractivity contribution < 1.29 is 4.79 Å². The van der Waals surface area contributed by atoms with Gasteiger partial charge in [0.2, 0.25) is 5.91 Å². The van der Waals surface area contributed by atoms with E-state index in [1.807, 2.05) is 13.8 Å². The van der Waals surface area contributed by atoms with Crippen LogP contribution in [0.25, 0.3) is 0 Å². The van der Waals surface area contributed by atoms with Crippen LogP contribution in [0, 0.1) is 25.7 Å². The van der Waals surface area contributed by atoms with E-state index in [-0.39, 0.29) is 11.8 Å². The Morgan fingerprint density at radius 3 is 2.78 bits per heavy atom. The summed E-state index contributed by atoms with van der Waals surface area (Å²) in [4.78, 5) is 17.6. The molecule has 1 aromatic heterocycles. The number of carbonyl (C=O) groups excluding carboxylic acids is 1. The molecule has 0 radical (unpaired) electrons. The molecule has 2 heterocycles. The number of amides is 1. The van der Waals surface area contributed by atoms with Crippen LogP contribution >= 0.6 is 11.3 Å². The summed E-state index contributed by atoms with van der Waals surface area (Å²) < 4.78 is 0. The molecule has 0 bridgehead atoms. The van der Waals surface area contributed by atoms with Gasteiger partial charge in [-0.1, -0.05) is 6.92 Å².